The number of carbonyl (C=O) groups excluding carboxylic acids is 3. The number of hydrogen-bond donors (Lipinski definition) is 1. The van der Waals surface area contributed by atoms with Crippen molar-refractivity contribution in [1.29, 1.82) is 0 Å². The van der Waals surface area contributed by atoms with Crippen LogP contribution in [0.2, 0.25) is 0 Å². The number of nitrogens with zero attached hydrogens (tertiary/aromatic N) is 3. The van der Waals surface area contributed by atoms with Crippen molar-refractivity contribution in [2.24, 2.45) is 17.3 Å². The third-order valence-electron chi connectivity index (χ3n) is 12.7. The number of Topliss-reactive ketones (excluding diaryl/α,β-unsaturated/α-hetero) is 1. The fraction of sp³-hybridized carbons (Fsp3) is 0.438. The molecule has 5 atom stereocenters. The Morgan fingerprint density at radius 1 is 0.984 bits per heavy atom. The van der Waals surface area contributed by atoms with E-state index in [0.717, 1.165) is 36.6 Å². The third-order valence-corrected chi connectivity index (χ3v) is 14.5. The zero-order valence-corrected chi connectivity index (χ0v) is 35.7. The van der Waals surface area contributed by atoms with E-state index in [1.807, 2.05) is 74.5 Å². The van der Waals surface area contributed by atoms with Crippen LogP contribution in [0.4, 0.5) is 4.39 Å². The Balaban J connectivity index is 1.07. The van der Waals surface area contributed by atoms with Gasteiger partial charge in [-0.3, -0.25) is 19.1 Å². The number of fused-ring (bicyclic) bond motifs is 5. The minimum atomic E-state index is -3.87. The molecule has 62 heavy (non-hydrogen) atoms. The van der Waals surface area contributed by atoms with Crippen molar-refractivity contribution >= 4 is 49.7 Å². The molecular formula is C48H51FN4O8S. The average molecular weight is 863 g/mol. The van der Waals surface area contributed by atoms with Crippen molar-refractivity contribution in [3.8, 4) is 23.0 Å². The molecule has 4 aliphatic rings. The summed E-state index contributed by atoms with van der Waals surface area (Å²) < 4.78 is 61.2. The smallest absolute Gasteiger partial charge is 0.262 e. The lowest BCUT2D eigenvalue weighted by molar-refractivity contribution is -0.142. The van der Waals surface area contributed by atoms with Crippen LogP contribution in [0.25, 0.3) is 33.5 Å². The highest BCUT2D eigenvalue weighted by molar-refractivity contribution is 7.90. The SMILES string of the molecule is CC(C)Oc1ccc(-c2nc(O[C@@H]3C[C@H]4C(=O)C[C@]5(C(=O)NS(=O)(=O)C6CC6)C[C@@H]5/C=C\CCCCC[C@H](Cc5ccc(F)cc5)C(=O)N4C3)c3oc4ccccc4c3n2)cc1. The number of aromatic nitrogens is 2. The van der Waals surface area contributed by atoms with Gasteiger partial charge in [0, 0.05) is 29.7 Å². The first-order chi connectivity index (χ1) is 29.9. The molecule has 14 heteroatoms. The summed E-state index contributed by atoms with van der Waals surface area (Å²) in [4.78, 5) is 55.1. The van der Waals surface area contributed by atoms with Crippen molar-refractivity contribution in [3.63, 3.8) is 0 Å². The van der Waals surface area contributed by atoms with Gasteiger partial charge in [0.2, 0.25) is 27.4 Å². The maximum atomic E-state index is 14.9. The summed E-state index contributed by atoms with van der Waals surface area (Å²) in [6, 6.07) is 20.1. The van der Waals surface area contributed by atoms with Gasteiger partial charge in [0.05, 0.1) is 29.4 Å². The molecule has 9 rings (SSSR count). The van der Waals surface area contributed by atoms with E-state index >= 15 is 0 Å². The molecule has 12 nitrogen and oxygen atoms in total. The Bertz CT molecular complexity index is 2640. The lowest BCUT2D eigenvalue weighted by atomic mass is 9.90. The lowest BCUT2D eigenvalue weighted by Gasteiger charge is -2.29. The van der Waals surface area contributed by atoms with Gasteiger partial charge in [0.15, 0.2) is 11.6 Å². The predicted molar refractivity (Wildman–Crippen MR) is 231 cm³/mol. The Morgan fingerprint density at radius 2 is 1.76 bits per heavy atom. The summed E-state index contributed by atoms with van der Waals surface area (Å²) in [5.74, 6) is -1.19. The van der Waals surface area contributed by atoms with E-state index in [4.69, 9.17) is 23.9 Å². The van der Waals surface area contributed by atoms with Crippen LogP contribution in [-0.4, -0.2) is 70.9 Å². The number of carbonyl (C=O) groups is 3. The maximum Gasteiger partial charge on any atom is 0.262 e. The number of benzene rings is 3. The largest absolute Gasteiger partial charge is 0.491 e. The van der Waals surface area contributed by atoms with E-state index in [-0.39, 0.29) is 54.8 Å². The Kier molecular flexibility index (Phi) is 11.4. The molecule has 3 fully saturated rings. The van der Waals surface area contributed by atoms with Gasteiger partial charge in [-0.1, -0.05) is 49.3 Å². The molecule has 1 N–H and O–H groups in total. The number of nitrogens with one attached hydrogen (secondary N) is 1. The molecule has 4 heterocycles. The normalized spacial score (nSPS) is 25.2. The summed E-state index contributed by atoms with van der Waals surface area (Å²) >= 11 is 0. The number of furan rings is 1. The molecule has 2 amide bonds. The minimum absolute atomic E-state index is 0.00274. The van der Waals surface area contributed by atoms with Gasteiger partial charge in [-0.15, -0.1) is 0 Å². The molecule has 2 saturated carbocycles. The third kappa shape index (κ3) is 8.71. The predicted octanol–water partition coefficient (Wildman–Crippen LogP) is 8.27. The molecule has 0 spiro atoms. The number of rotatable bonds is 10. The highest BCUT2D eigenvalue weighted by Gasteiger charge is 2.61. The molecule has 3 aromatic carbocycles. The first kappa shape index (κ1) is 41.7. The fourth-order valence-electron chi connectivity index (χ4n) is 9.11. The average Bonchev–Trinajstić information content (AvgIpc) is 4.15. The molecule has 0 unspecified atom stereocenters. The van der Waals surface area contributed by atoms with Gasteiger partial charge >= 0.3 is 0 Å². The van der Waals surface area contributed by atoms with Gasteiger partial charge < -0.3 is 18.8 Å². The number of para-hydroxylation sites is 1. The highest BCUT2D eigenvalue weighted by Crippen LogP contribution is 2.57. The van der Waals surface area contributed by atoms with Crippen LogP contribution >= 0.6 is 0 Å². The summed E-state index contributed by atoms with van der Waals surface area (Å²) in [7, 11) is -3.87. The molecule has 2 aromatic heterocycles. The van der Waals surface area contributed by atoms with Crippen LogP contribution in [0.5, 0.6) is 11.6 Å². The molecule has 0 radical (unpaired) electrons. The molecule has 0 bridgehead atoms. The molecule has 2 aliphatic carbocycles. The lowest BCUT2D eigenvalue weighted by Crippen LogP contribution is -2.46. The standard InChI is InChI=1S/C48H51FN4O8S/c1-29(2)59-35-20-16-31(17-21-35)44-50-42-38-12-8-9-13-41(38)61-43(42)45(51-44)60-36-25-39-40(54)27-48(47(56)52-62(57,58)37-22-23-37)26-33(48)11-7-5-3-4-6-10-32(46(55)53(39)28-36)24-30-14-18-34(49)19-15-30/h7-9,11-21,29,32-33,36-37,39H,3-6,10,22-28H2,1-2H3,(H,52,56)/b11-7-/t32-,33+,36-,39+,48-/m1/s1. The van der Waals surface area contributed by atoms with Crippen molar-refractivity contribution in [2.45, 2.75) is 108 Å². The Labute approximate surface area is 360 Å². The van der Waals surface area contributed by atoms with E-state index < -0.39 is 44.7 Å². The number of halogens is 1. The zero-order chi connectivity index (χ0) is 43.2. The van der Waals surface area contributed by atoms with E-state index in [0.29, 0.717) is 65.9 Å². The first-order valence-electron chi connectivity index (χ1n) is 21.8. The molecule has 324 valence electrons. The second-order valence-electron chi connectivity index (χ2n) is 17.7. The fourth-order valence-corrected chi connectivity index (χ4v) is 10.5. The second-order valence-corrected chi connectivity index (χ2v) is 19.6. The van der Waals surface area contributed by atoms with Gasteiger partial charge in [-0.25, -0.2) is 17.8 Å². The van der Waals surface area contributed by atoms with Gasteiger partial charge in [0.1, 0.15) is 28.8 Å². The van der Waals surface area contributed by atoms with Gasteiger partial charge in [-0.2, -0.15) is 4.98 Å². The highest BCUT2D eigenvalue weighted by atomic mass is 32.2. The summed E-state index contributed by atoms with van der Waals surface area (Å²) in [5, 5.41) is 0.162. The minimum Gasteiger partial charge on any atom is -0.491 e. The summed E-state index contributed by atoms with van der Waals surface area (Å²) in [6.07, 6.45) is 8.60. The number of sulfonamides is 1. The van der Waals surface area contributed by atoms with Crippen LogP contribution < -0.4 is 14.2 Å². The van der Waals surface area contributed by atoms with E-state index in [9.17, 15) is 27.2 Å². The van der Waals surface area contributed by atoms with Crippen LogP contribution in [0.15, 0.2) is 89.4 Å². The van der Waals surface area contributed by atoms with E-state index in [1.165, 1.54) is 12.1 Å². The van der Waals surface area contributed by atoms with E-state index in [1.54, 1.807) is 17.0 Å². The van der Waals surface area contributed by atoms with Crippen LogP contribution in [0.1, 0.15) is 83.6 Å². The van der Waals surface area contributed by atoms with E-state index in [2.05, 4.69) is 4.72 Å². The maximum absolute atomic E-state index is 14.9. The van der Waals surface area contributed by atoms with Gasteiger partial charge in [0.25, 0.3) is 5.88 Å². The summed E-state index contributed by atoms with van der Waals surface area (Å²) in [5.41, 5.74) is 1.72. The number of hydrogen-bond acceptors (Lipinski definition) is 10. The van der Waals surface area contributed by atoms with Gasteiger partial charge in [-0.05, 0) is 119 Å². The van der Waals surface area contributed by atoms with Crippen molar-refractivity contribution in [2.75, 3.05) is 6.54 Å². The number of ketones is 1. The van der Waals surface area contributed by atoms with Crippen LogP contribution in [-0.2, 0) is 30.8 Å². The van der Waals surface area contributed by atoms with Crippen LogP contribution in [0.3, 0.4) is 0 Å². The Hall–Kier alpha value is -5.63. The molecule has 2 aliphatic heterocycles. The topological polar surface area (TPSA) is 158 Å². The molecule has 1 saturated heterocycles. The second kappa shape index (κ2) is 16.9. The first-order valence-corrected chi connectivity index (χ1v) is 23.3. The number of allylic oxidation sites excluding steroid dienone is 2. The Morgan fingerprint density at radius 3 is 2.52 bits per heavy atom. The molecule has 5 aromatic rings. The monoisotopic (exact) mass is 862 g/mol. The van der Waals surface area contributed by atoms with Crippen LogP contribution in [0, 0.1) is 23.1 Å². The molecular weight excluding hydrogens is 812 g/mol. The quantitative estimate of drug-likeness (QED) is 0.136. The zero-order valence-electron chi connectivity index (χ0n) is 34.9. The summed E-state index contributed by atoms with van der Waals surface area (Å²) in [6.45, 7) is 3.96. The van der Waals surface area contributed by atoms with Crippen molar-refractivity contribution in [1.82, 2.24) is 19.6 Å². The number of amides is 2. The van der Waals surface area contributed by atoms with Crippen molar-refractivity contribution < 1.29 is 41.1 Å². The van der Waals surface area contributed by atoms with Crippen molar-refractivity contribution in [3.05, 3.63) is 96.3 Å². The number of ether oxygens (including phenoxy) is 2.